The van der Waals surface area contributed by atoms with E-state index in [1.807, 2.05) is 19.2 Å². The molecular formula is C12H10ClN5S. The Morgan fingerprint density at radius 2 is 2.05 bits per heavy atom. The van der Waals surface area contributed by atoms with Gasteiger partial charge in [-0.15, -0.1) is 11.8 Å². The lowest BCUT2D eigenvalue weighted by Gasteiger charge is -2.02. The topological polar surface area (TPSA) is 56.5 Å². The van der Waals surface area contributed by atoms with Crippen molar-refractivity contribution < 1.29 is 0 Å². The summed E-state index contributed by atoms with van der Waals surface area (Å²) in [5.41, 5.74) is 0.755. The molecule has 0 radical (unpaired) electrons. The molecule has 0 atom stereocenters. The van der Waals surface area contributed by atoms with Crippen LogP contribution in [0.5, 0.6) is 0 Å². The Bertz CT molecular complexity index is 713. The van der Waals surface area contributed by atoms with E-state index in [4.69, 9.17) is 11.6 Å². The van der Waals surface area contributed by atoms with Gasteiger partial charge in [-0.2, -0.15) is 5.10 Å². The quantitative estimate of drug-likeness (QED) is 0.548. The van der Waals surface area contributed by atoms with Gasteiger partial charge in [0.15, 0.2) is 5.65 Å². The Morgan fingerprint density at radius 1 is 1.26 bits per heavy atom. The number of halogens is 1. The standard InChI is InChI=1S/C12H10ClN5S/c1-18-12-9(6-15-18)11(13)16-10(17-12)7-19-8-2-4-14-5-3-8/h2-6H,7H2,1H3. The van der Waals surface area contributed by atoms with E-state index < -0.39 is 0 Å². The Kier molecular flexibility index (Phi) is 3.35. The normalized spacial score (nSPS) is 11.1. The number of hydrogen-bond donors (Lipinski definition) is 0. The van der Waals surface area contributed by atoms with Gasteiger partial charge in [-0.3, -0.25) is 9.67 Å². The lowest BCUT2D eigenvalue weighted by molar-refractivity contribution is 0.782. The number of fused-ring (bicyclic) bond motifs is 1. The maximum absolute atomic E-state index is 6.13. The van der Waals surface area contributed by atoms with Gasteiger partial charge in [0.1, 0.15) is 11.0 Å². The smallest absolute Gasteiger partial charge is 0.162 e. The lowest BCUT2D eigenvalue weighted by Crippen LogP contribution is -1.98. The largest absolute Gasteiger partial charge is 0.265 e. The molecule has 0 unspecified atom stereocenters. The summed E-state index contributed by atoms with van der Waals surface area (Å²) in [6.07, 6.45) is 5.21. The number of aryl methyl sites for hydroxylation is 1. The molecule has 0 saturated heterocycles. The predicted molar refractivity (Wildman–Crippen MR) is 75.1 cm³/mol. The van der Waals surface area contributed by atoms with Gasteiger partial charge in [-0.1, -0.05) is 11.6 Å². The van der Waals surface area contributed by atoms with E-state index in [0.29, 0.717) is 16.7 Å². The molecule has 0 N–H and O–H groups in total. The molecule has 0 amide bonds. The molecule has 3 heterocycles. The molecule has 0 aromatic carbocycles. The molecule has 19 heavy (non-hydrogen) atoms. The van der Waals surface area contributed by atoms with Gasteiger partial charge in [0, 0.05) is 24.3 Å². The van der Waals surface area contributed by atoms with Crippen molar-refractivity contribution in [3.8, 4) is 0 Å². The van der Waals surface area contributed by atoms with Crippen molar-refractivity contribution in [2.45, 2.75) is 10.6 Å². The second-order valence-corrected chi connectivity index (χ2v) is 5.31. The van der Waals surface area contributed by atoms with Gasteiger partial charge in [0.25, 0.3) is 0 Å². The molecule has 0 fully saturated rings. The average Bonchev–Trinajstić information content (AvgIpc) is 2.80. The Balaban J connectivity index is 1.87. The van der Waals surface area contributed by atoms with Crippen molar-refractivity contribution in [3.63, 3.8) is 0 Å². The highest BCUT2D eigenvalue weighted by atomic mass is 35.5. The van der Waals surface area contributed by atoms with Crippen molar-refractivity contribution in [1.82, 2.24) is 24.7 Å². The first-order valence-electron chi connectivity index (χ1n) is 5.61. The van der Waals surface area contributed by atoms with Gasteiger partial charge < -0.3 is 0 Å². The third kappa shape index (κ3) is 2.54. The number of thioether (sulfide) groups is 1. The second kappa shape index (κ2) is 5.14. The molecule has 0 aliphatic rings. The van der Waals surface area contributed by atoms with Crippen LogP contribution in [0.1, 0.15) is 5.82 Å². The van der Waals surface area contributed by atoms with Crippen molar-refractivity contribution >= 4 is 34.4 Å². The molecule has 3 aromatic rings. The minimum atomic E-state index is 0.448. The predicted octanol–water partition coefficient (Wildman–Crippen LogP) is 2.70. The van der Waals surface area contributed by atoms with Crippen LogP contribution >= 0.6 is 23.4 Å². The highest BCUT2D eigenvalue weighted by molar-refractivity contribution is 7.98. The summed E-state index contributed by atoms with van der Waals surface area (Å²) in [6.45, 7) is 0. The van der Waals surface area contributed by atoms with Crippen LogP contribution in [0.2, 0.25) is 5.15 Å². The molecule has 3 rings (SSSR count). The van der Waals surface area contributed by atoms with Crippen molar-refractivity contribution in [2.24, 2.45) is 7.05 Å². The Hall–Kier alpha value is -1.66. The maximum atomic E-state index is 6.13. The SMILES string of the molecule is Cn1ncc2c(Cl)nc(CSc3ccncc3)nc21. The third-order valence-electron chi connectivity index (χ3n) is 2.61. The summed E-state index contributed by atoms with van der Waals surface area (Å²) in [4.78, 5) is 13.9. The monoisotopic (exact) mass is 291 g/mol. The number of nitrogens with zero attached hydrogens (tertiary/aromatic N) is 5. The van der Waals surface area contributed by atoms with Crippen LogP contribution in [0.15, 0.2) is 35.6 Å². The number of aromatic nitrogens is 5. The maximum Gasteiger partial charge on any atom is 0.162 e. The summed E-state index contributed by atoms with van der Waals surface area (Å²) >= 11 is 7.78. The third-order valence-corrected chi connectivity index (χ3v) is 3.91. The van der Waals surface area contributed by atoms with E-state index in [0.717, 1.165) is 15.9 Å². The Morgan fingerprint density at radius 3 is 2.84 bits per heavy atom. The summed E-state index contributed by atoms with van der Waals surface area (Å²) in [6, 6.07) is 3.91. The van der Waals surface area contributed by atoms with Gasteiger partial charge in [0.05, 0.1) is 17.3 Å². The van der Waals surface area contributed by atoms with Gasteiger partial charge in [-0.05, 0) is 12.1 Å². The highest BCUT2D eigenvalue weighted by Crippen LogP contribution is 2.24. The van der Waals surface area contributed by atoms with Gasteiger partial charge in [0.2, 0.25) is 0 Å². The second-order valence-electron chi connectivity index (χ2n) is 3.91. The van der Waals surface area contributed by atoms with Gasteiger partial charge >= 0.3 is 0 Å². The number of rotatable bonds is 3. The number of pyridine rings is 1. The fourth-order valence-corrected chi connectivity index (χ4v) is 2.65. The van der Waals surface area contributed by atoms with Crippen LogP contribution in [-0.4, -0.2) is 24.7 Å². The molecule has 7 heteroatoms. The van der Waals surface area contributed by atoms with Crippen LogP contribution in [-0.2, 0) is 12.8 Å². The molecule has 96 valence electrons. The fraction of sp³-hybridized carbons (Fsp3) is 0.167. The van der Waals surface area contributed by atoms with Crippen LogP contribution in [0.3, 0.4) is 0 Å². The summed E-state index contributed by atoms with van der Waals surface area (Å²) in [7, 11) is 1.84. The average molecular weight is 292 g/mol. The molecule has 0 aliphatic heterocycles. The zero-order valence-electron chi connectivity index (χ0n) is 10.1. The van der Waals surface area contributed by atoms with Crippen LogP contribution in [0, 0.1) is 0 Å². The van der Waals surface area contributed by atoms with Crippen molar-refractivity contribution in [2.75, 3.05) is 0 Å². The van der Waals surface area contributed by atoms with E-state index in [1.54, 1.807) is 35.0 Å². The summed E-state index contributed by atoms with van der Waals surface area (Å²) in [5, 5.41) is 5.36. The lowest BCUT2D eigenvalue weighted by atomic mass is 10.4. The van der Waals surface area contributed by atoms with Crippen molar-refractivity contribution in [3.05, 3.63) is 41.7 Å². The Labute approximate surface area is 119 Å². The minimum Gasteiger partial charge on any atom is -0.265 e. The van der Waals surface area contributed by atoms with Crippen LogP contribution in [0.25, 0.3) is 11.0 Å². The minimum absolute atomic E-state index is 0.448. The molecule has 5 nitrogen and oxygen atoms in total. The molecule has 0 aliphatic carbocycles. The van der Waals surface area contributed by atoms with Gasteiger partial charge in [-0.25, -0.2) is 9.97 Å². The zero-order chi connectivity index (χ0) is 13.2. The fourth-order valence-electron chi connectivity index (χ4n) is 1.68. The number of hydrogen-bond acceptors (Lipinski definition) is 5. The highest BCUT2D eigenvalue weighted by Gasteiger charge is 2.10. The van der Waals surface area contributed by atoms with Crippen molar-refractivity contribution in [1.29, 1.82) is 0 Å². The summed E-state index contributed by atoms with van der Waals surface area (Å²) < 4.78 is 1.70. The van der Waals surface area contributed by atoms with Crippen LogP contribution in [0.4, 0.5) is 0 Å². The molecule has 0 saturated carbocycles. The van der Waals surface area contributed by atoms with E-state index in [-0.39, 0.29) is 0 Å². The van der Waals surface area contributed by atoms with E-state index in [9.17, 15) is 0 Å². The first-order valence-corrected chi connectivity index (χ1v) is 6.97. The first kappa shape index (κ1) is 12.4. The van der Waals surface area contributed by atoms with Crippen LogP contribution < -0.4 is 0 Å². The summed E-state index contributed by atoms with van der Waals surface area (Å²) in [5.74, 6) is 1.35. The van der Waals surface area contributed by atoms with E-state index in [1.165, 1.54) is 0 Å². The molecule has 0 bridgehead atoms. The molecular weight excluding hydrogens is 282 g/mol. The van der Waals surface area contributed by atoms with E-state index >= 15 is 0 Å². The molecule has 3 aromatic heterocycles. The van der Waals surface area contributed by atoms with E-state index in [2.05, 4.69) is 20.1 Å². The zero-order valence-corrected chi connectivity index (χ0v) is 11.7. The molecule has 0 spiro atoms. The first-order chi connectivity index (χ1) is 9.24.